The molecule has 0 saturated carbocycles. The van der Waals surface area contributed by atoms with Gasteiger partial charge < -0.3 is 25.8 Å². The molecule has 0 spiro atoms. The summed E-state index contributed by atoms with van der Waals surface area (Å²) in [5, 5.41) is 2.75. The number of carbonyl (C=O) groups is 1. The predicted octanol–water partition coefficient (Wildman–Crippen LogP) is 2.10. The van der Waals surface area contributed by atoms with E-state index in [0.717, 1.165) is 31.6 Å². The third-order valence-corrected chi connectivity index (χ3v) is 6.77. The summed E-state index contributed by atoms with van der Waals surface area (Å²) in [7, 11) is 2.31. The molecule has 2 aromatic rings. The number of nitrogens with two attached hydrogens (primary N) is 2. The van der Waals surface area contributed by atoms with Crippen LogP contribution < -0.4 is 21.5 Å². The van der Waals surface area contributed by atoms with Crippen molar-refractivity contribution in [3.8, 4) is 0 Å². The van der Waals surface area contributed by atoms with Gasteiger partial charge in [0.2, 0.25) is 0 Å². The van der Waals surface area contributed by atoms with E-state index >= 15 is 0 Å². The maximum Gasteiger partial charge on any atom is 0.273 e. The molecule has 0 bridgehead atoms. The van der Waals surface area contributed by atoms with E-state index in [2.05, 4.69) is 34.1 Å². The van der Waals surface area contributed by atoms with Crippen molar-refractivity contribution in [3.05, 3.63) is 46.7 Å². The second-order valence-electron chi connectivity index (χ2n) is 8.19. The summed E-state index contributed by atoms with van der Waals surface area (Å²) in [5.41, 5.74) is 12.3. The lowest BCUT2D eigenvalue weighted by molar-refractivity contribution is -0.889. The summed E-state index contributed by atoms with van der Waals surface area (Å²) >= 11 is 5.83. The van der Waals surface area contributed by atoms with Gasteiger partial charge in [-0.25, -0.2) is 9.97 Å². The Morgan fingerprint density at radius 1 is 1.13 bits per heavy atom. The molecule has 1 heterocycles. The molecule has 0 radical (unpaired) electrons. The van der Waals surface area contributed by atoms with Gasteiger partial charge in [-0.1, -0.05) is 52.4 Å². The standard InChI is InChI=1S/C20H32ClN7O2S/c1-28(2,12-7-10-25-31(3,30)14-15-8-5-4-6-9-15)13-11-24-20(29)16-18(22)27-19(23)17(21)26-16/h4-6,8-9,25H,7,10-14H2,1-3H3,(H5-,22,23,24,27,29,30)/p+1. The van der Waals surface area contributed by atoms with Crippen LogP contribution in [0.4, 0.5) is 11.6 Å². The van der Waals surface area contributed by atoms with Crippen molar-refractivity contribution in [2.75, 3.05) is 58.0 Å². The zero-order valence-corrected chi connectivity index (χ0v) is 19.8. The maximum absolute atomic E-state index is 12.3. The summed E-state index contributed by atoms with van der Waals surface area (Å²) in [4.78, 5) is 20.0. The van der Waals surface area contributed by atoms with Crippen molar-refractivity contribution in [3.63, 3.8) is 0 Å². The minimum Gasteiger partial charge on any atom is -0.382 e. The number of carbonyl (C=O) groups excluding carboxylic acids is 1. The van der Waals surface area contributed by atoms with Crippen molar-refractivity contribution in [1.82, 2.24) is 20.0 Å². The summed E-state index contributed by atoms with van der Waals surface area (Å²) in [6.07, 6.45) is 2.76. The third-order valence-electron chi connectivity index (χ3n) is 4.77. The molecule has 2 rings (SSSR count). The molecule has 0 aliphatic carbocycles. The molecule has 1 unspecified atom stereocenters. The van der Waals surface area contributed by atoms with Crippen molar-refractivity contribution in [2.45, 2.75) is 12.2 Å². The highest BCUT2D eigenvalue weighted by Crippen LogP contribution is 2.38. The predicted molar refractivity (Wildman–Crippen MR) is 129 cm³/mol. The molecule has 0 aliphatic rings. The van der Waals surface area contributed by atoms with Crippen LogP contribution in [0.5, 0.6) is 0 Å². The van der Waals surface area contributed by atoms with Crippen LogP contribution in [-0.2, 0) is 5.75 Å². The fourth-order valence-electron chi connectivity index (χ4n) is 3.03. The third kappa shape index (κ3) is 8.50. The smallest absolute Gasteiger partial charge is 0.273 e. The molecule has 1 aromatic heterocycles. The Bertz CT molecular complexity index is 881. The molecule has 0 fully saturated rings. The van der Waals surface area contributed by atoms with E-state index in [0.29, 0.717) is 16.8 Å². The second kappa shape index (κ2) is 11.0. The van der Waals surface area contributed by atoms with Crippen LogP contribution in [0.2, 0.25) is 5.15 Å². The Balaban J connectivity index is 1.72. The summed E-state index contributed by atoms with van der Waals surface area (Å²) < 4.78 is 14.7. The molecule has 1 atom stereocenters. The first kappa shape index (κ1) is 25.2. The maximum atomic E-state index is 12.3. The Labute approximate surface area is 190 Å². The number of halogens is 1. The van der Waals surface area contributed by atoms with Crippen LogP contribution in [-0.4, -0.2) is 71.4 Å². The highest BCUT2D eigenvalue weighted by molar-refractivity contribution is 8.26. The van der Waals surface area contributed by atoms with Gasteiger partial charge in [0.1, 0.15) is 0 Å². The van der Waals surface area contributed by atoms with Gasteiger partial charge in [0.05, 0.1) is 33.7 Å². The molecule has 0 saturated heterocycles. The molecule has 0 aliphatic heterocycles. The highest BCUT2D eigenvalue weighted by atomic mass is 35.5. The molecule has 1 aromatic carbocycles. The number of hydrogen-bond acceptors (Lipinski definition) is 7. The fraction of sp³-hybridized carbons (Fsp3) is 0.450. The molecule has 11 heteroatoms. The van der Waals surface area contributed by atoms with Crippen LogP contribution in [0.1, 0.15) is 22.5 Å². The Hall–Kier alpha value is -2.11. The Kier molecular flexibility index (Phi) is 8.90. The molecule has 31 heavy (non-hydrogen) atoms. The number of nitrogens with one attached hydrogen (secondary N) is 2. The lowest BCUT2D eigenvalue weighted by atomic mass is 10.2. The lowest BCUT2D eigenvalue weighted by Gasteiger charge is -2.33. The van der Waals surface area contributed by atoms with Crippen LogP contribution in [0.15, 0.2) is 30.3 Å². The normalized spacial score (nSPS) is 14.6. The van der Waals surface area contributed by atoms with Crippen molar-refractivity contribution < 1.29 is 13.8 Å². The van der Waals surface area contributed by atoms with Gasteiger partial charge in [0.25, 0.3) is 5.91 Å². The van der Waals surface area contributed by atoms with Crippen LogP contribution in [0, 0.1) is 0 Å². The number of quaternary nitrogens is 1. The minimum absolute atomic E-state index is 0.00768. The number of amides is 1. The van der Waals surface area contributed by atoms with Gasteiger partial charge in [0, 0.05) is 25.0 Å². The molecule has 172 valence electrons. The minimum atomic E-state index is -1.88. The van der Waals surface area contributed by atoms with Gasteiger partial charge in [0.15, 0.2) is 22.5 Å². The highest BCUT2D eigenvalue weighted by Gasteiger charge is 2.19. The quantitative estimate of drug-likeness (QED) is 0.250. The Morgan fingerprint density at radius 3 is 2.48 bits per heavy atom. The number of anilines is 2. The second-order valence-corrected chi connectivity index (χ2v) is 11.2. The van der Waals surface area contributed by atoms with E-state index in [1.165, 1.54) is 0 Å². The van der Waals surface area contributed by atoms with Gasteiger partial charge in [-0.3, -0.25) is 9.52 Å². The van der Waals surface area contributed by atoms with Crippen molar-refractivity contribution in [2.24, 2.45) is 0 Å². The summed E-state index contributed by atoms with van der Waals surface area (Å²) in [5.74, 6) is 0.129. The molecule has 1 amide bonds. The first-order valence-electron chi connectivity index (χ1n) is 9.95. The van der Waals surface area contributed by atoms with Gasteiger partial charge in [-0.15, -0.1) is 0 Å². The topological polar surface area (TPSA) is 139 Å². The van der Waals surface area contributed by atoms with E-state index in [1.807, 2.05) is 36.6 Å². The van der Waals surface area contributed by atoms with Gasteiger partial charge in [-0.2, -0.15) is 0 Å². The molecular formula is C20H33ClN7O2S+. The average Bonchev–Trinajstić information content (AvgIpc) is 2.68. The lowest BCUT2D eigenvalue weighted by Crippen LogP contribution is -2.46. The van der Waals surface area contributed by atoms with Gasteiger partial charge in [-0.05, 0) is 5.56 Å². The van der Waals surface area contributed by atoms with E-state index in [1.54, 1.807) is 0 Å². The zero-order valence-electron chi connectivity index (χ0n) is 18.3. The first-order chi connectivity index (χ1) is 14.5. The average molecular weight is 471 g/mol. The zero-order chi connectivity index (χ0) is 23.1. The summed E-state index contributed by atoms with van der Waals surface area (Å²) in [6.45, 7) is 2.77. The van der Waals surface area contributed by atoms with Crippen LogP contribution >= 0.6 is 22.1 Å². The number of nitrogen functional groups attached to an aromatic ring is 2. The number of rotatable bonds is 11. The van der Waals surface area contributed by atoms with E-state index in [9.17, 15) is 9.35 Å². The Morgan fingerprint density at radius 2 is 1.81 bits per heavy atom. The van der Waals surface area contributed by atoms with E-state index < -0.39 is 16.4 Å². The fourth-order valence-corrected chi connectivity index (χ4v) is 4.68. The van der Waals surface area contributed by atoms with Crippen molar-refractivity contribution in [1.29, 1.82) is 0 Å². The van der Waals surface area contributed by atoms with Gasteiger partial charge >= 0.3 is 0 Å². The number of aromatic nitrogens is 2. The molecule has 7 N–H and O–H groups in total. The number of nitrogens with zero attached hydrogens (tertiary/aromatic N) is 3. The number of likely N-dealkylation sites (N-methyl/N-ethyl adjacent to an activating group) is 1. The number of benzene rings is 1. The van der Waals surface area contributed by atoms with Crippen molar-refractivity contribution >= 4 is 39.6 Å². The SMILES string of the molecule is C[N+](C)(CCCNS(C)(O)Cc1ccccc1)CCNC(=O)c1nc(Cl)c(N)nc1N. The van der Waals surface area contributed by atoms with Crippen LogP contribution in [0.25, 0.3) is 0 Å². The van der Waals surface area contributed by atoms with E-state index in [-0.39, 0.29) is 22.5 Å². The first-order valence-corrected chi connectivity index (χ1v) is 12.5. The summed E-state index contributed by atoms with van der Waals surface area (Å²) in [6, 6.07) is 9.97. The molecular weight excluding hydrogens is 438 g/mol. The van der Waals surface area contributed by atoms with E-state index in [4.69, 9.17) is 23.1 Å². The number of hydrogen-bond donors (Lipinski definition) is 5. The largest absolute Gasteiger partial charge is 0.382 e. The van der Waals surface area contributed by atoms with Crippen LogP contribution in [0.3, 0.4) is 0 Å². The monoisotopic (exact) mass is 470 g/mol. The molecule has 9 nitrogen and oxygen atoms in total.